The molecule has 0 saturated carbocycles. The number of imide groups is 2. The number of unbranched alkanes of at least 4 members (excludes halogenated alkanes) is 6. The van der Waals surface area contributed by atoms with E-state index in [2.05, 4.69) is 29.5 Å². The van der Waals surface area contributed by atoms with E-state index in [0.717, 1.165) is 104 Å². The van der Waals surface area contributed by atoms with Crippen LogP contribution in [0, 0.1) is 0 Å². The van der Waals surface area contributed by atoms with E-state index >= 15 is 0 Å². The van der Waals surface area contributed by atoms with Crippen LogP contribution in [0.1, 0.15) is 126 Å². The maximum atomic E-state index is 14.5. The lowest BCUT2D eigenvalue weighted by Gasteiger charge is -2.35. The first-order valence-corrected chi connectivity index (χ1v) is 21.9. The molecule has 5 aromatic rings. The van der Waals surface area contributed by atoms with E-state index in [1.165, 1.54) is 4.90 Å². The molecule has 0 atom stereocenters. The van der Waals surface area contributed by atoms with E-state index in [1.54, 1.807) is 11.9 Å². The van der Waals surface area contributed by atoms with Crippen LogP contribution in [0.2, 0.25) is 0 Å². The Hall–Kier alpha value is -4.78. The molecule has 0 bridgehead atoms. The summed E-state index contributed by atoms with van der Waals surface area (Å²) < 4.78 is 1.96. The third kappa shape index (κ3) is 6.37. The fourth-order valence-electron chi connectivity index (χ4n) is 8.79. The average Bonchev–Trinajstić information content (AvgIpc) is 3.19. The normalized spacial score (nSPS) is 17.4. The molecule has 0 fully saturated rings. The van der Waals surface area contributed by atoms with Gasteiger partial charge in [0.2, 0.25) is 5.96 Å². The van der Waals surface area contributed by atoms with E-state index in [0.29, 0.717) is 39.0 Å². The Labute approximate surface area is 330 Å². The molecule has 10 nitrogen and oxygen atoms in total. The minimum absolute atomic E-state index is 0.128. The zero-order valence-corrected chi connectivity index (χ0v) is 34.1. The van der Waals surface area contributed by atoms with E-state index in [9.17, 15) is 19.2 Å². The first kappa shape index (κ1) is 37.2. The van der Waals surface area contributed by atoms with Crippen molar-refractivity contribution < 1.29 is 19.2 Å². The summed E-state index contributed by atoms with van der Waals surface area (Å²) in [5.74, 6) is -0.448. The van der Waals surface area contributed by atoms with Gasteiger partial charge in [-0.1, -0.05) is 89.5 Å². The van der Waals surface area contributed by atoms with Crippen LogP contribution in [0.25, 0.3) is 43.1 Å². The molecular weight excluding hydrogens is 803 g/mol. The SMILES string of the molecule is CCCCCCC(CCCCCC)N1C(=O)c2ccc3c4ccc5c6c(ccc(c7ccc(c2c37)C1=O)c64)C(=O)N(CCN=C1NC(=NC)NC(C)=I1)C5=O. The molecule has 55 heavy (non-hydrogen) atoms. The molecule has 0 aromatic heterocycles. The highest BCUT2D eigenvalue weighted by molar-refractivity contribution is 14.2. The Bertz CT molecular complexity index is 2370. The molecule has 0 spiro atoms. The lowest BCUT2D eigenvalue weighted by molar-refractivity contribution is 0.0514. The van der Waals surface area contributed by atoms with Gasteiger partial charge in [-0.05, 0) is 97.1 Å². The quantitative estimate of drug-likeness (QED) is 0.0288. The summed E-state index contributed by atoms with van der Waals surface area (Å²) in [5.41, 5.74) is 2.10. The van der Waals surface area contributed by atoms with E-state index < -0.39 is 20.7 Å². The number of hydrogen-bond acceptors (Lipinski definition) is 6. The minimum Gasteiger partial charge on any atom is -0.325 e. The Kier molecular flexibility index (Phi) is 10.4. The number of nitrogens with zero attached hydrogens (tertiary/aromatic N) is 4. The molecule has 3 aliphatic rings. The van der Waals surface area contributed by atoms with Crippen LogP contribution in [-0.2, 0) is 0 Å². The van der Waals surface area contributed by atoms with Crippen LogP contribution in [0.5, 0.6) is 0 Å². The summed E-state index contributed by atoms with van der Waals surface area (Å²) in [7, 11) is 1.70. The Morgan fingerprint density at radius 3 is 1.55 bits per heavy atom. The van der Waals surface area contributed by atoms with Gasteiger partial charge in [0.05, 0.1) is 10.2 Å². The molecule has 0 saturated heterocycles. The highest BCUT2D eigenvalue weighted by Crippen LogP contribution is 2.46. The van der Waals surface area contributed by atoms with Gasteiger partial charge in [-0.3, -0.25) is 39.0 Å². The number of hydrogen-bond donors (Lipinski definition) is 2. The maximum Gasteiger partial charge on any atom is 0.261 e. The number of rotatable bonds is 14. The molecular formula is C44H47IN6O4. The van der Waals surface area contributed by atoms with E-state index in [-0.39, 0.29) is 42.8 Å². The second-order valence-corrected chi connectivity index (χ2v) is 18.0. The van der Waals surface area contributed by atoms with Gasteiger partial charge in [0.25, 0.3) is 23.6 Å². The van der Waals surface area contributed by atoms with Crippen molar-refractivity contribution in [1.82, 2.24) is 20.4 Å². The average molecular weight is 851 g/mol. The predicted octanol–water partition coefficient (Wildman–Crippen LogP) is 8.89. The van der Waals surface area contributed by atoms with Crippen LogP contribution in [0.4, 0.5) is 0 Å². The molecule has 4 amide bonds. The van der Waals surface area contributed by atoms with Gasteiger partial charge >= 0.3 is 0 Å². The Balaban J connectivity index is 1.17. The lowest BCUT2D eigenvalue weighted by Crippen LogP contribution is -2.47. The molecule has 8 rings (SSSR count). The number of nitrogens with one attached hydrogen (secondary N) is 2. The van der Waals surface area contributed by atoms with Gasteiger partial charge in [0.15, 0.2) is 3.84 Å². The van der Waals surface area contributed by atoms with Crippen molar-refractivity contribution in [3.05, 3.63) is 70.8 Å². The topological polar surface area (TPSA) is 124 Å². The molecule has 0 unspecified atom stereocenters. The zero-order valence-electron chi connectivity index (χ0n) is 32.0. The number of amidine groups is 1. The third-order valence-electron chi connectivity index (χ3n) is 11.4. The summed E-state index contributed by atoms with van der Waals surface area (Å²) in [6, 6.07) is 15.2. The highest BCUT2D eigenvalue weighted by Gasteiger charge is 2.39. The second kappa shape index (κ2) is 15.4. The van der Waals surface area contributed by atoms with Crippen LogP contribution in [0.3, 0.4) is 0 Å². The minimum atomic E-state index is -0.496. The van der Waals surface area contributed by atoms with Crippen LogP contribution < -0.4 is 10.6 Å². The second-order valence-electron chi connectivity index (χ2n) is 14.9. The molecule has 0 aliphatic carbocycles. The van der Waals surface area contributed by atoms with Crippen molar-refractivity contribution in [2.45, 2.75) is 91.0 Å². The molecule has 11 heteroatoms. The lowest BCUT2D eigenvalue weighted by atomic mass is 9.82. The fraction of sp³-hybridized carbons (Fsp3) is 0.386. The number of aliphatic imine (C=N–C) groups is 2. The molecule has 0 radical (unpaired) electrons. The highest BCUT2D eigenvalue weighted by atomic mass is 127. The van der Waals surface area contributed by atoms with Crippen molar-refractivity contribution in [2.24, 2.45) is 9.98 Å². The molecule has 2 N–H and O–H groups in total. The van der Waals surface area contributed by atoms with E-state index in [4.69, 9.17) is 4.99 Å². The molecule has 3 heterocycles. The van der Waals surface area contributed by atoms with Crippen LogP contribution >= 0.6 is 20.7 Å². The molecule has 284 valence electrons. The van der Waals surface area contributed by atoms with Crippen molar-refractivity contribution in [3.63, 3.8) is 0 Å². The fourth-order valence-corrected chi connectivity index (χ4v) is 10.7. The number of carbonyl (C=O) groups is 4. The first-order valence-electron chi connectivity index (χ1n) is 19.7. The number of benzene rings is 5. The monoisotopic (exact) mass is 850 g/mol. The first-order chi connectivity index (χ1) is 26.8. The van der Waals surface area contributed by atoms with Crippen molar-refractivity contribution in [1.29, 1.82) is 0 Å². The van der Waals surface area contributed by atoms with Crippen molar-refractivity contribution in [3.8, 4) is 0 Å². The van der Waals surface area contributed by atoms with Gasteiger partial charge < -0.3 is 10.6 Å². The number of halogens is 1. The van der Waals surface area contributed by atoms with Gasteiger partial charge in [0, 0.05) is 52.7 Å². The molecule has 5 aromatic carbocycles. The van der Waals surface area contributed by atoms with Gasteiger partial charge in [-0.2, -0.15) is 0 Å². The summed E-state index contributed by atoms with van der Waals surface area (Å²) >= 11 is -0.496. The predicted molar refractivity (Wildman–Crippen MR) is 231 cm³/mol. The smallest absolute Gasteiger partial charge is 0.261 e. The number of carbonyl (C=O) groups excluding carboxylic acids is 4. The van der Waals surface area contributed by atoms with Crippen LogP contribution in [-0.4, -0.2) is 73.0 Å². The largest absolute Gasteiger partial charge is 0.325 e. The third-order valence-corrected chi connectivity index (χ3v) is 13.6. The summed E-state index contributed by atoms with van der Waals surface area (Å²) in [5, 5.41) is 13.1. The van der Waals surface area contributed by atoms with E-state index in [1.807, 2.05) is 55.5 Å². The summed E-state index contributed by atoms with van der Waals surface area (Å²) in [6.45, 7) is 6.85. The summed E-state index contributed by atoms with van der Waals surface area (Å²) in [4.78, 5) is 68.7. The standard InChI is InChI=1S/C44H47IN6O4/c1-5-7-9-11-13-26(14-12-10-8-6-2)51-41(54)33-21-17-29-27-15-19-31-37-32(20-16-28(35(27)37)30-18-22-34(42(51)55)38(33)36(29)30)40(53)50(39(31)52)24-23-47-43-45-25(3)48-44(46-4)49-43/h15-22,26H,5-14,23-24H2,1-4H3,(H2,46,47,48,49). The Morgan fingerprint density at radius 1 is 0.618 bits per heavy atom. The maximum absolute atomic E-state index is 14.5. The van der Waals surface area contributed by atoms with Gasteiger partial charge in [0.1, 0.15) is 0 Å². The molecule has 3 aliphatic heterocycles. The van der Waals surface area contributed by atoms with Crippen LogP contribution in [0.15, 0.2) is 58.5 Å². The van der Waals surface area contributed by atoms with Gasteiger partial charge in [-0.25, -0.2) is 0 Å². The number of amides is 4. The zero-order chi connectivity index (χ0) is 38.4. The van der Waals surface area contributed by atoms with Crippen molar-refractivity contribution in [2.75, 3.05) is 20.1 Å². The van der Waals surface area contributed by atoms with Gasteiger partial charge in [-0.15, -0.1) is 0 Å². The van der Waals surface area contributed by atoms with Crippen molar-refractivity contribution >= 4 is 101 Å². The number of fused-ring (bicyclic) bond motifs is 2. The Morgan fingerprint density at radius 2 is 1.09 bits per heavy atom. The number of guanidine groups is 1. The summed E-state index contributed by atoms with van der Waals surface area (Å²) in [6.07, 6.45) is 10.4.